The van der Waals surface area contributed by atoms with E-state index in [9.17, 15) is 4.79 Å². The second kappa shape index (κ2) is 5.80. The van der Waals surface area contributed by atoms with E-state index in [1.165, 1.54) is 19.3 Å². The Morgan fingerprint density at radius 1 is 1.24 bits per heavy atom. The van der Waals surface area contributed by atoms with Gasteiger partial charge in [0.1, 0.15) is 0 Å². The molecule has 2 rings (SSSR count). The molecule has 0 aliphatic carbocycles. The van der Waals surface area contributed by atoms with Gasteiger partial charge in [0.2, 0.25) is 0 Å². The van der Waals surface area contributed by atoms with Crippen molar-refractivity contribution >= 4 is 5.97 Å². The van der Waals surface area contributed by atoms with Gasteiger partial charge in [0.15, 0.2) is 0 Å². The molecule has 0 aromatic heterocycles. The highest BCUT2D eigenvalue weighted by atomic mass is 16.4. The van der Waals surface area contributed by atoms with Gasteiger partial charge in [0.25, 0.3) is 0 Å². The minimum absolute atomic E-state index is 0.386. The molecule has 2 N–H and O–H groups in total. The third-order valence-corrected chi connectivity index (χ3v) is 3.10. The molecule has 1 saturated heterocycles. The first kappa shape index (κ1) is 12.1. The van der Waals surface area contributed by atoms with Gasteiger partial charge in [0.05, 0.1) is 5.56 Å². The second-order valence-electron chi connectivity index (χ2n) is 4.34. The molecule has 0 spiro atoms. The molecule has 17 heavy (non-hydrogen) atoms. The molecule has 92 valence electrons. The van der Waals surface area contributed by atoms with Gasteiger partial charge in [-0.15, -0.1) is 0 Å². The molecule has 1 aromatic carbocycles. The Morgan fingerprint density at radius 3 is 2.65 bits per heavy atom. The lowest BCUT2D eigenvalue weighted by Gasteiger charge is -2.27. The van der Waals surface area contributed by atoms with Crippen LogP contribution in [0.15, 0.2) is 24.3 Å². The standard InChI is InChI=1S/C13H18N2O2/c16-13(17)12-7-3-2-6-11(12)10-14-15-8-4-1-5-9-15/h2-3,6-7,14H,1,4-5,8-10H2,(H,16,17). The second-order valence-corrected chi connectivity index (χ2v) is 4.34. The number of hydrogen-bond acceptors (Lipinski definition) is 3. The molecule has 1 fully saturated rings. The molecule has 0 saturated carbocycles. The highest BCUT2D eigenvalue weighted by Gasteiger charge is 2.12. The summed E-state index contributed by atoms with van der Waals surface area (Å²) in [6.45, 7) is 2.69. The average Bonchev–Trinajstić information content (AvgIpc) is 2.38. The molecule has 1 aliphatic heterocycles. The van der Waals surface area contributed by atoms with E-state index < -0.39 is 5.97 Å². The zero-order chi connectivity index (χ0) is 12.1. The van der Waals surface area contributed by atoms with Gasteiger partial charge >= 0.3 is 5.97 Å². The van der Waals surface area contributed by atoms with E-state index in [4.69, 9.17) is 5.11 Å². The summed E-state index contributed by atoms with van der Waals surface area (Å²) in [5.41, 5.74) is 4.53. The van der Waals surface area contributed by atoms with E-state index >= 15 is 0 Å². The molecule has 0 atom stereocenters. The topological polar surface area (TPSA) is 52.6 Å². The van der Waals surface area contributed by atoms with E-state index in [0.717, 1.165) is 18.7 Å². The van der Waals surface area contributed by atoms with Crippen molar-refractivity contribution in [3.05, 3.63) is 35.4 Å². The fourth-order valence-corrected chi connectivity index (χ4v) is 2.13. The number of carboxylic acid groups (broad SMARTS) is 1. The Kier molecular flexibility index (Phi) is 4.12. The lowest BCUT2D eigenvalue weighted by atomic mass is 10.1. The predicted molar refractivity (Wildman–Crippen MR) is 65.7 cm³/mol. The number of piperidine rings is 1. The van der Waals surface area contributed by atoms with E-state index in [-0.39, 0.29) is 0 Å². The number of aromatic carboxylic acids is 1. The fourth-order valence-electron chi connectivity index (χ4n) is 2.13. The molecule has 4 nitrogen and oxygen atoms in total. The van der Waals surface area contributed by atoms with Gasteiger partial charge in [-0.25, -0.2) is 9.80 Å². The number of hydrazine groups is 1. The number of nitrogens with zero attached hydrogens (tertiary/aromatic N) is 1. The van der Waals surface area contributed by atoms with Gasteiger partial charge in [0, 0.05) is 19.6 Å². The van der Waals surface area contributed by atoms with Gasteiger partial charge in [-0.1, -0.05) is 24.6 Å². The van der Waals surface area contributed by atoms with Crippen molar-refractivity contribution < 1.29 is 9.90 Å². The highest BCUT2D eigenvalue weighted by molar-refractivity contribution is 5.89. The van der Waals surface area contributed by atoms with Crippen LogP contribution in [0.5, 0.6) is 0 Å². The van der Waals surface area contributed by atoms with Crippen molar-refractivity contribution in [2.75, 3.05) is 13.1 Å². The average molecular weight is 234 g/mol. The maximum atomic E-state index is 11.0. The van der Waals surface area contributed by atoms with Crippen LogP contribution in [0.3, 0.4) is 0 Å². The highest BCUT2D eigenvalue weighted by Crippen LogP contribution is 2.10. The van der Waals surface area contributed by atoms with Crippen molar-refractivity contribution in [3.63, 3.8) is 0 Å². The van der Waals surface area contributed by atoms with Crippen molar-refractivity contribution in [1.82, 2.24) is 10.4 Å². The molecule has 1 aliphatic rings. The summed E-state index contributed by atoms with van der Waals surface area (Å²) in [6.07, 6.45) is 3.73. The fraction of sp³-hybridized carbons (Fsp3) is 0.462. The van der Waals surface area contributed by atoms with Crippen LogP contribution in [-0.4, -0.2) is 29.2 Å². The van der Waals surface area contributed by atoms with Crippen LogP contribution in [0.1, 0.15) is 35.2 Å². The third-order valence-electron chi connectivity index (χ3n) is 3.10. The van der Waals surface area contributed by atoms with Crippen LogP contribution in [-0.2, 0) is 6.54 Å². The summed E-state index contributed by atoms with van der Waals surface area (Å²) in [5.74, 6) is -0.860. The van der Waals surface area contributed by atoms with Gasteiger partial charge in [-0.2, -0.15) is 0 Å². The molecular formula is C13H18N2O2. The minimum Gasteiger partial charge on any atom is -0.478 e. The summed E-state index contributed by atoms with van der Waals surface area (Å²) in [4.78, 5) is 11.0. The number of carbonyl (C=O) groups is 1. The van der Waals surface area contributed by atoms with E-state index in [0.29, 0.717) is 12.1 Å². The molecule has 0 unspecified atom stereocenters. The van der Waals surface area contributed by atoms with Crippen molar-refractivity contribution in [2.45, 2.75) is 25.8 Å². The molecule has 4 heteroatoms. The van der Waals surface area contributed by atoms with Crippen molar-refractivity contribution in [2.24, 2.45) is 0 Å². The summed E-state index contributed by atoms with van der Waals surface area (Å²) >= 11 is 0. The number of carboxylic acids is 1. The first-order valence-electron chi connectivity index (χ1n) is 6.07. The van der Waals surface area contributed by atoms with Gasteiger partial charge < -0.3 is 5.11 Å². The number of benzene rings is 1. The first-order chi connectivity index (χ1) is 8.27. The summed E-state index contributed by atoms with van der Waals surface area (Å²) in [7, 11) is 0. The number of hydrogen-bond donors (Lipinski definition) is 2. The Balaban J connectivity index is 1.96. The maximum Gasteiger partial charge on any atom is 0.336 e. The first-order valence-corrected chi connectivity index (χ1v) is 6.07. The van der Waals surface area contributed by atoms with Crippen molar-refractivity contribution in [1.29, 1.82) is 0 Å². The van der Waals surface area contributed by atoms with Gasteiger partial charge in [-0.3, -0.25) is 5.43 Å². The Morgan fingerprint density at radius 2 is 1.94 bits per heavy atom. The normalized spacial score (nSPS) is 16.9. The third kappa shape index (κ3) is 3.28. The lowest BCUT2D eigenvalue weighted by Crippen LogP contribution is -2.41. The Bertz CT molecular complexity index is 387. The van der Waals surface area contributed by atoms with Crippen LogP contribution < -0.4 is 5.43 Å². The van der Waals surface area contributed by atoms with Gasteiger partial charge in [-0.05, 0) is 24.5 Å². The monoisotopic (exact) mass is 234 g/mol. The molecule has 1 heterocycles. The minimum atomic E-state index is -0.860. The van der Waals surface area contributed by atoms with Crippen LogP contribution in [0.2, 0.25) is 0 Å². The molecular weight excluding hydrogens is 216 g/mol. The SMILES string of the molecule is O=C(O)c1ccccc1CNN1CCCCC1. The molecule has 0 bridgehead atoms. The van der Waals surface area contributed by atoms with E-state index in [1.54, 1.807) is 12.1 Å². The summed E-state index contributed by atoms with van der Waals surface area (Å²) in [6, 6.07) is 7.14. The zero-order valence-corrected chi connectivity index (χ0v) is 9.85. The molecule has 0 amide bonds. The zero-order valence-electron chi connectivity index (χ0n) is 9.85. The Labute approximate surface area is 101 Å². The maximum absolute atomic E-state index is 11.0. The predicted octanol–water partition coefficient (Wildman–Crippen LogP) is 1.88. The number of rotatable bonds is 4. The molecule has 0 radical (unpaired) electrons. The quantitative estimate of drug-likeness (QED) is 0.835. The van der Waals surface area contributed by atoms with Crippen LogP contribution in [0.25, 0.3) is 0 Å². The van der Waals surface area contributed by atoms with Crippen LogP contribution >= 0.6 is 0 Å². The summed E-state index contributed by atoms with van der Waals surface area (Å²) < 4.78 is 0. The van der Waals surface area contributed by atoms with E-state index in [1.807, 2.05) is 12.1 Å². The largest absolute Gasteiger partial charge is 0.478 e. The van der Waals surface area contributed by atoms with E-state index in [2.05, 4.69) is 10.4 Å². The van der Waals surface area contributed by atoms with Crippen LogP contribution in [0, 0.1) is 0 Å². The Hall–Kier alpha value is -1.39. The smallest absolute Gasteiger partial charge is 0.336 e. The lowest BCUT2D eigenvalue weighted by molar-refractivity contribution is 0.0694. The van der Waals surface area contributed by atoms with Crippen molar-refractivity contribution in [3.8, 4) is 0 Å². The molecule has 1 aromatic rings. The van der Waals surface area contributed by atoms with Crippen LogP contribution in [0.4, 0.5) is 0 Å². The number of nitrogens with one attached hydrogen (secondary N) is 1. The summed E-state index contributed by atoms with van der Waals surface area (Å²) in [5, 5.41) is 11.2.